The van der Waals surface area contributed by atoms with E-state index in [2.05, 4.69) is 11.9 Å². The highest BCUT2D eigenvalue weighted by molar-refractivity contribution is 5.76. The molecular weight excluding hydrogens is 360 g/mol. The van der Waals surface area contributed by atoms with Crippen molar-refractivity contribution < 1.29 is 27.1 Å². The lowest BCUT2D eigenvalue weighted by atomic mass is 10.0. The van der Waals surface area contributed by atoms with Gasteiger partial charge in [0.25, 0.3) is 0 Å². The molecule has 0 amide bonds. The maximum absolute atomic E-state index is 9.37. The summed E-state index contributed by atoms with van der Waals surface area (Å²) in [6, 6.07) is 0. The maximum atomic E-state index is 9.37. The SMILES string of the molecule is CCCCCCCCCCCCCCCC1=NCC[N+]1(CCO)CCO.[Cl-]. The van der Waals surface area contributed by atoms with Crippen molar-refractivity contribution in [3.63, 3.8) is 0 Å². The van der Waals surface area contributed by atoms with Crippen LogP contribution in [0.5, 0.6) is 0 Å². The van der Waals surface area contributed by atoms with Gasteiger partial charge in [0.1, 0.15) is 19.6 Å². The monoisotopic (exact) mass is 404 g/mol. The van der Waals surface area contributed by atoms with Gasteiger partial charge in [0, 0.05) is 6.42 Å². The van der Waals surface area contributed by atoms with Crippen molar-refractivity contribution in [2.75, 3.05) is 39.4 Å². The van der Waals surface area contributed by atoms with Gasteiger partial charge in [-0.2, -0.15) is 0 Å². The summed E-state index contributed by atoms with van der Waals surface area (Å²) in [5.41, 5.74) is 0. The van der Waals surface area contributed by atoms with Gasteiger partial charge >= 0.3 is 0 Å². The summed E-state index contributed by atoms with van der Waals surface area (Å²) in [6.45, 7) is 5.86. The molecule has 0 aromatic rings. The van der Waals surface area contributed by atoms with Gasteiger partial charge in [0.15, 0.2) is 5.84 Å². The van der Waals surface area contributed by atoms with Gasteiger partial charge in [-0.25, -0.2) is 4.99 Å². The first-order chi connectivity index (χ1) is 12.8. The zero-order valence-electron chi connectivity index (χ0n) is 17.8. The third-order valence-corrected chi connectivity index (χ3v) is 5.93. The lowest BCUT2D eigenvalue weighted by Gasteiger charge is -2.33. The van der Waals surface area contributed by atoms with Gasteiger partial charge in [0.2, 0.25) is 0 Å². The molecule has 1 aliphatic heterocycles. The van der Waals surface area contributed by atoms with Crippen molar-refractivity contribution in [2.24, 2.45) is 4.99 Å². The quantitative estimate of drug-likeness (QED) is 0.270. The number of hydrogen-bond acceptors (Lipinski definition) is 3. The molecule has 1 rings (SSSR count). The molecule has 1 aliphatic rings. The molecule has 0 spiro atoms. The summed E-state index contributed by atoms with van der Waals surface area (Å²) in [5.74, 6) is 1.22. The fourth-order valence-corrected chi connectivity index (χ4v) is 4.24. The number of aliphatic imine (C=N–C) groups is 1. The standard InChI is InChI=1S/C22H45N2O2.ClH/c1-2-3-4-5-6-7-8-9-10-11-12-13-14-15-22-23-16-17-24(22,18-20-25)19-21-26;/h25-26H,2-21H2,1H3;1H/q+1;/p-1. The lowest BCUT2D eigenvalue weighted by Crippen LogP contribution is -3.00. The average Bonchev–Trinajstić information content (AvgIpc) is 3.02. The highest BCUT2D eigenvalue weighted by Crippen LogP contribution is 2.20. The number of rotatable bonds is 18. The van der Waals surface area contributed by atoms with Crippen LogP contribution in [0.3, 0.4) is 0 Å². The third-order valence-electron chi connectivity index (χ3n) is 5.93. The summed E-state index contributed by atoms with van der Waals surface area (Å²) in [6.07, 6.45) is 18.9. The summed E-state index contributed by atoms with van der Waals surface area (Å²) in [4.78, 5) is 4.69. The van der Waals surface area contributed by atoms with Crippen LogP contribution in [0, 0.1) is 0 Å². The van der Waals surface area contributed by atoms with E-state index in [-0.39, 0.29) is 25.6 Å². The molecule has 0 aromatic carbocycles. The average molecular weight is 405 g/mol. The smallest absolute Gasteiger partial charge is 0.198 e. The minimum absolute atomic E-state index is 0. The normalized spacial score (nSPS) is 15.6. The fraction of sp³-hybridized carbons (Fsp3) is 0.955. The minimum atomic E-state index is 0. The minimum Gasteiger partial charge on any atom is -1.00 e. The Morgan fingerprint density at radius 1 is 0.741 bits per heavy atom. The Balaban J connectivity index is 0.00000676. The molecule has 0 fully saturated rings. The molecule has 0 unspecified atom stereocenters. The molecule has 5 heteroatoms. The first-order valence-corrected chi connectivity index (χ1v) is 11.4. The van der Waals surface area contributed by atoms with E-state index in [0.717, 1.165) is 24.0 Å². The Morgan fingerprint density at radius 3 is 1.63 bits per heavy atom. The van der Waals surface area contributed by atoms with Crippen LogP contribution >= 0.6 is 0 Å². The molecule has 0 atom stereocenters. The molecule has 0 radical (unpaired) electrons. The van der Waals surface area contributed by atoms with E-state index in [0.29, 0.717) is 13.1 Å². The van der Waals surface area contributed by atoms with Crippen molar-refractivity contribution in [1.82, 2.24) is 0 Å². The number of amidine groups is 1. The molecule has 4 nitrogen and oxygen atoms in total. The van der Waals surface area contributed by atoms with Gasteiger partial charge in [-0.1, -0.05) is 84.0 Å². The Kier molecular flexibility index (Phi) is 17.8. The second kappa shape index (κ2) is 17.9. The van der Waals surface area contributed by atoms with Crippen LogP contribution in [0.2, 0.25) is 0 Å². The molecular formula is C22H45ClN2O2. The molecule has 2 N–H and O–H groups in total. The van der Waals surface area contributed by atoms with Crippen molar-refractivity contribution in [1.29, 1.82) is 0 Å². The van der Waals surface area contributed by atoms with Crippen molar-refractivity contribution in [3.05, 3.63) is 0 Å². The number of unbranched alkanes of at least 4 members (excludes halogenated alkanes) is 12. The Hall–Kier alpha value is -0.160. The molecule has 162 valence electrons. The molecule has 0 bridgehead atoms. The Labute approximate surface area is 174 Å². The highest BCUT2D eigenvalue weighted by Gasteiger charge is 2.36. The van der Waals surface area contributed by atoms with E-state index in [1.54, 1.807) is 0 Å². The number of nitrogens with zero attached hydrogens (tertiary/aromatic N) is 2. The number of quaternary nitrogens is 1. The van der Waals surface area contributed by atoms with Crippen LogP contribution in [-0.2, 0) is 0 Å². The van der Waals surface area contributed by atoms with Crippen LogP contribution in [0.15, 0.2) is 4.99 Å². The van der Waals surface area contributed by atoms with E-state index in [9.17, 15) is 10.2 Å². The zero-order chi connectivity index (χ0) is 18.9. The van der Waals surface area contributed by atoms with Crippen molar-refractivity contribution >= 4 is 5.84 Å². The van der Waals surface area contributed by atoms with E-state index in [4.69, 9.17) is 0 Å². The predicted octanol–water partition coefficient (Wildman–Crippen LogP) is 1.69. The second-order valence-corrected chi connectivity index (χ2v) is 8.05. The van der Waals surface area contributed by atoms with Gasteiger partial charge in [0.05, 0.1) is 19.8 Å². The summed E-state index contributed by atoms with van der Waals surface area (Å²) in [5, 5.41) is 18.7. The first kappa shape index (κ1) is 26.8. The van der Waals surface area contributed by atoms with Crippen LogP contribution in [-0.4, -0.2) is 59.9 Å². The van der Waals surface area contributed by atoms with Crippen LogP contribution in [0.4, 0.5) is 0 Å². The second-order valence-electron chi connectivity index (χ2n) is 8.05. The Morgan fingerprint density at radius 2 is 1.19 bits per heavy atom. The number of hydrogen-bond donors (Lipinski definition) is 2. The fourth-order valence-electron chi connectivity index (χ4n) is 4.24. The third kappa shape index (κ3) is 11.4. The summed E-state index contributed by atoms with van der Waals surface area (Å²) in [7, 11) is 0. The van der Waals surface area contributed by atoms with Gasteiger partial charge < -0.3 is 22.6 Å². The van der Waals surface area contributed by atoms with E-state index >= 15 is 0 Å². The maximum Gasteiger partial charge on any atom is 0.198 e. The van der Waals surface area contributed by atoms with E-state index in [1.165, 1.54) is 89.3 Å². The summed E-state index contributed by atoms with van der Waals surface area (Å²) < 4.78 is 0.727. The lowest BCUT2D eigenvalue weighted by molar-refractivity contribution is -0.837. The number of aliphatic hydroxyl groups is 2. The zero-order valence-corrected chi connectivity index (χ0v) is 18.6. The van der Waals surface area contributed by atoms with Crippen molar-refractivity contribution in [2.45, 2.75) is 96.8 Å². The largest absolute Gasteiger partial charge is 1.00 e. The molecule has 0 aliphatic carbocycles. The highest BCUT2D eigenvalue weighted by atomic mass is 35.5. The van der Waals surface area contributed by atoms with E-state index < -0.39 is 0 Å². The molecule has 0 aromatic heterocycles. The van der Waals surface area contributed by atoms with Gasteiger partial charge in [-0.3, -0.25) is 4.48 Å². The molecule has 1 heterocycles. The van der Waals surface area contributed by atoms with Gasteiger partial charge in [-0.15, -0.1) is 0 Å². The Bertz CT molecular complexity index is 358. The first-order valence-electron chi connectivity index (χ1n) is 11.4. The van der Waals surface area contributed by atoms with Crippen molar-refractivity contribution in [3.8, 4) is 0 Å². The summed E-state index contributed by atoms with van der Waals surface area (Å²) >= 11 is 0. The van der Waals surface area contributed by atoms with Gasteiger partial charge in [-0.05, 0) is 6.42 Å². The predicted molar refractivity (Wildman–Crippen MR) is 112 cm³/mol. The number of halogens is 1. The van der Waals surface area contributed by atoms with Crippen LogP contribution in [0.1, 0.15) is 96.8 Å². The molecule has 27 heavy (non-hydrogen) atoms. The molecule has 0 saturated heterocycles. The molecule has 0 saturated carbocycles. The topological polar surface area (TPSA) is 52.8 Å². The van der Waals surface area contributed by atoms with Crippen LogP contribution < -0.4 is 12.4 Å². The van der Waals surface area contributed by atoms with Crippen LogP contribution in [0.25, 0.3) is 0 Å². The number of aliphatic hydroxyl groups excluding tert-OH is 2. The van der Waals surface area contributed by atoms with E-state index in [1.807, 2.05) is 0 Å².